The molecule has 4 nitrogen and oxygen atoms in total. The van der Waals surface area contributed by atoms with Gasteiger partial charge in [-0.1, -0.05) is 161 Å². The van der Waals surface area contributed by atoms with Gasteiger partial charge in [0.15, 0.2) is 17.5 Å². The van der Waals surface area contributed by atoms with Crippen molar-refractivity contribution in [2.75, 3.05) is 0 Å². The van der Waals surface area contributed by atoms with Gasteiger partial charge in [0.1, 0.15) is 58.2 Å². The Bertz CT molecular complexity index is 2920. The summed E-state index contributed by atoms with van der Waals surface area (Å²) in [6.07, 6.45) is 0. The van der Waals surface area contributed by atoms with Crippen LogP contribution in [0.25, 0.3) is 89.5 Å². The zero-order chi connectivity index (χ0) is 37.8. The standard InChI is InChI=1S/C45H23B6N3O/c46-35-31(27-15-8-3-9-16-27)36(47)40(51)42-32(35)33-37(48)38(49)34(39(50)41(33)55-42)45-53-43(28-21-19-26(20-22-28)24-11-4-1-5-12-24)52-44(54-45)30-18-10-17-29(23-30)25-13-6-2-7-14-25/h1-23H. The van der Waals surface area contributed by atoms with Crippen LogP contribution in [0.15, 0.2) is 144 Å². The predicted octanol–water partition coefficient (Wildman–Crippen LogP) is 4.54. The van der Waals surface area contributed by atoms with Crippen LogP contribution in [0, 0.1) is 0 Å². The van der Waals surface area contributed by atoms with Gasteiger partial charge in [0.25, 0.3) is 0 Å². The van der Waals surface area contributed by atoms with Gasteiger partial charge >= 0.3 is 0 Å². The average Bonchev–Trinajstić information content (AvgIpc) is 3.65. The number of fused-ring (bicyclic) bond motifs is 3. The Morgan fingerprint density at radius 1 is 0.309 bits per heavy atom. The van der Waals surface area contributed by atoms with E-state index in [2.05, 4.69) is 24.3 Å². The molecule has 0 N–H and O–H groups in total. The second-order valence-electron chi connectivity index (χ2n) is 13.3. The third-order valence-corrected chi connectivity index (χ3v) is 9.99. The summed E-state index contributed by atoms with van der Waals surface area (Å²) in [7, 11) is 40.9. The molecule has 0 amide bonds. The number of aromatic nitrogens is 3. The number of nitrogens with zero attached hydrogens (tertiary/aromatic N) is 3. The molecule has 0 spiro atoms. The molecule has 0 aliphatic carbocycles. The molecule has 55 heavy (non-hydrogen) atoms. The molecule has 0 atom stereocenters. The van der Waals surface area contributed by atoms with E-state index in [1.165, 1.54) is 0 Å². The fraction of sp³-hybridized carbons (Fsp3) is 0. The van der Waals surface area contributed by atoms with Gasteiger partial charge in [-0.3, -0.25) is 0 Å². The molecular weight excluding hydrogens is 663 g/mol. The Balaban J connectivity index is 1.27. The molecule has 9 aromatic rings. The molecule has 7 aromatic carbocycles. The predicted molar refractivity (Wildman–Crippen MR) is 232 cm³/mol. The van der Waals surface area contributed by atoms with Crippen molar-refractivity contribution < 1.29 is 4.42 Å². The highest BCUT2D eigenvalue weighted by Gasteiger charge is 2.25. The first kappa shape index (κ1) is 34.5. The monoisotopic (exact) mass is 687 g/mol. The minimum absolute atomic E-state index is 0.157. The van der Waals surface area contributed by atoms with E-state index >= 15 is 0 Å². The summed E-state index contributed by atoms with van der Waals surface area (Å²) < 4.78 is 6.40. The zero-order valence-corrected chi connectivity index (χ0v) is 29.5. The number of rotatable bonds is 6. The lowest BCUT2D eigenvalue weighted by Crippen LogP contribution is -2.36. The zero-order valence-electron chi connectivity index (χ0n) is 29.5. The van der Waals surface area contributed by atoms with E-state index in [9.17, 15) is 0 Å². The Hall–Kier alpha value is -6.26. The maximum atomic E-state index is 6.99. The molecule has 242 valence electrons. The van der Waals surface area contributed by atoms with Crippen molar-refractivity contribution >= 4 is 102 Å². The molecular formula is C45H23B6N3O. The van der Waals surface area contributed by atoms with E-state index in [-0.39, 0.29) is 44.3 Å². The van der Waals surface area contributed by atoms with Crippen molar-refractivity contribution in [2.45, 2.75) is 0 Å². The highest BCUT2D eigenvalue weighted by molar-refractivity contribution is 6.64. The first-order valence-electron chi connectivity index (χ1n) is 17.6. The van der Waals surface area contributed by atoms with Gasteiger partial charge in [-0.05, 0) is 44.9 Å². The Morgan fingerprint density at radius 2 is 0.745 bits per heavy atom. The van der Waals surface area contributed by atoms with Gasteiger partial charge in [0.2, 0.25) is 0 Å². The first-order chi connectivity index (χ1) is 26.8. The Morgan fingerprint density at radius 3 is 1.38 bits per heavy atom. The molecule has 2 aromatic heterocycles. The maximum Gasteiger partial charge on any atom is 0.164 e. The molecule has 9 rings (SSSR count). The van der Waals surface area contributed by atoms with E-state index in [1.807, 2.05) is 115 Å². The second-order valence-corrected chi connectivity index (χ2v) is 13.3. The average molecular weight is 687 g/mol. The lowest BCUT2D eigenvalue weighted by molar-refractivity contribution is 0.675. The minimum Gasteiger partial charge on any atom is -0.457 e. The number of hydrogen-bond donors (Lipinski definition) is 0. The number of hydrogen-bond acceptors (Lipinski definition) is 4. The summed E-state index contributed by atoms with van der Waals surface area (Å²) in [5.41, 5.74) is 9.23. The van der Waals surface area contributed by atoms with Crippen molar-refractivity contribution in [1.82, 2.24) is 15.0 Å². The molecule has 0 saturated heterocycles. The highest BCUT2D eigenvalue weighted by atomic mass is 16.3. The molecule has 10 heteroatoms. The normalized spacial score (nSPS) is 11.3. The first-order valence-corrected chi connectivity index (χ1v) is 17.6. The van der Waals surface area contributed by atoms with Crippen LogP contribution in [0.1, 0.15) is 0 Å². The molecule has 0 unspecified atom stereocenters. The largest absolute Gasteiger partial charge is 0.457 e. The van der Waals surface area contributed by atoms with Crippen molar-refractivity contribution in [3.8, 4) is 67.5 Å². The van der Waals surface area contributed by atoms with Crippen molar-refractivity contribution in [3.63, 3.8) is 0 Å². The van der Waals surface area contributed by atoms with Crippen LogP contribution >= 0.6 is 0 Å². The van der Waals surface area contributed by atoms with Crippen LogP contribution in [-0.4, -0.2) is 62.0 Å². The molecule has 2 heterocycles. The SMILES string of the molecule is [B]c1c(-c2ccccc2)c([B])c2c(oc3c([B])c(-c4nc(-c5ccc(-c6ccccc6)cc5)nc(-c5cccc(-c6ccccc6)c5)n4)c([B])c([B])c32)c1[B]. The summed E-state index contributed by atoms with van der Waals surface area (Å²) in [6, 6.07) is 45.8. The number of benzene rings is 7. The van der Waals surface area contributed by atoms with Gasteiger partial charge in [-0.2, -0.15) is 0 Å². The van der Waals surface area contributed by atoms with Crippen LogP contribution in [0.4, 0.5) is 0 Å². The smallest absolute Gasteiger partial charge is 0.164 e. The molecule has 0 aliphatic heterocycles. The van der Waals surface area contributed by atoms with E-state index in [0.29, 0.717) is 39.0 Å². The molecule has 0 bridgehead atoms. The lowest BCUT2D eigenvalue weighted by atomic mass is 9.67. The van der Waals surface area contributed by atoms with Gasteiger partial charge in [-0.25, -0.2) is 15.0 Å². The molecule has 0 aliphatic rings. The summed E-state index contributed by atoms with van der Waals surface area (Å²) >= 11 is 0. The van der Waals surface area contributed by atoms with E-state index in [0.717, 1.165) is 38.9 Å². The van der Waals surface area contributed by atoms with Crippen molar-refractivity contribution in [1.29, 1.82) is 0 Å². The van der Waals surface area contributed by atoms with E-state index in [1.54, 1.807) is 0 Å². The number of furan rings is 1. The van der Waals surface area contributed by atoms with Crippen LogP contribution < -0.4 is 32.8 Å². The van der Waals surface area contributed by atoms with Crippen LogP contribution in [0.3, 0.4) is 0 Å². The fourth-order valence-electron chi connectivity index (χ4n) is 7.19. The van der Waals surface area contributed by atoms with Crippen molar-refractivity contribution in [2.24, 2.45) is 0 Å². The molecule has 12 radical (unpaired) electrons. The van der Waals surface area contributed by atoms with Gasteiger partial charge in [0.05, 0.1) is 0 Å². The third kappa shape index (κ3) is 5.93. The molecule has 0 fully saturated rings. The summed E-state index contributed by atoms with van der Waals surface area (Å²) in [5, 5.41) is 0.896. The van der Waals surface area contributed by atoms with Crippen LogP contribution in [0.5, 0.6) is 0 Å². The van der Waals surface area contributed by atoms with Crippen LogP contribution in [0.2, 0.25) is 0 Å². The maximum absolute atomic E-state index is 6.99. The van der Waals surface area contributed by atoms with E-state index < -0.39 is 0 Å². The van der Waals surface area contributed by atoms with Crippen LogP contribution in [-0.2, 0) is 0 Å². The minimum atomic E-state index is 0.157. The Kier molecular flexibility index (Phi) is 8.70. The fourth-order valence-corrected chi connectivity index (χ4v) is 7.19. The summed E-state index contributed by atoms with van der Waals surface area (Å²) in [5.74, 6) is 1.05. The second kappa shape index (κ2) is 13.9. The van der Waals surface area contributed by atoms with Gasteiger partial charge in [0, 0.05) is 27.5 Å². The van der Waals surface area contributed by atoms with E-state index in [4.69, 9.17) is 66.4 Å². The topological polar surface area (TPSA) is 51.8 Å². The quantitative estimate of drug-likeness (QED) is 0.242. The molecule has 0 saturated carbocycles. The van der Waals surface area contributed by atoms with Crippen molar-refractivity contribution in [3.05, 3.63) is 140 Å². The third-order valence-electron chi connectivity index (χ3n) is 9.99. The lowest BCUT2D eigenvalue weighted by Gasteiger charge is -2.18. The summed E-state index contributed by atoms with van der Waals surface area (Å²) in [6.45, 7) is 0. The highest BCUT2D eigenvalue weighted by Crippen LogP contribution is 2.31. The van der Waals surface area contributed by atoms with Gasteiger partial charge in [-0.15, -0.1) is 0 Å². The Labute approximate surface area is 327 Å². The van der Waals surface area contributed by atoms with Gasteiger partial charge < -0.3 is 4.42 Å². The summed E-state index contributed by atoms with van der Waals surface area (Å²) in [4.78, 5) is 14.9.